The second-order valence-electron chi connectivity index (χ2n) is 4.70. The number of benzene rings is 1. The quantitative estimate of drug-likeness (QED) is 0.806. The van der Waals surface area contributed by atoms with Crippen molar-refractivity contribution in [2.75, 3.05) is 20.2 Å². The third-order valence-corrected chi connectivity index (χ3v) is 4.68. The van der Waals surface area contributed by atoms with Gasteiger partial charge in [0.15, 0.2) is 0 Å². The molecule has 0 radical (unpaired) electrons. The molecule has 0 unspecified atom stereocenters. The number of hydrogen-bond acceptors (Lipinski definition) is 3. The molecule has 5 nitrogen and oxygen atoms in total. The van der Waals surface area contributed by atoms with Crippen LogP contribution in [0.1, 0.15) is 33.6 Å². The zero-order valence-electron chi connectivity index (χ0n) is 11.1. The highest BCUT2D eigenvalue weighted by molar-refractivity contribution is 14.1. The summed E-state index contributed by atoms with van der Waals surface area (Å²) in [5.41, 5.74) is 0.629. The molecular formula is C14H16INO4. The van der Waals surface area contributed by atoms with Gasteiger partial charge < -0.3 is 14.7 Å². The minimum absolute atomic E-state index is 0.105. The Morgan fingerprint density at radius 3 is 2.45 bits per heavy atom. The Balaban J connectivity index is 2.18. The molecule has 1 fully saturated rings. The lowest BCUT2D eigenvalue weighted by Crippen LogP contribution is -2.41. The van der Waals surface area contributed by atoms with Gasteiger partial charge in [-0.2, -0.15) is 0 Å². The number of carboxylic acids is 1. The lowest BCUT2D eigenvalue weighted by Gasteiger charge is -2.31. The Morgan fingerprint density at radius 1 is 1.30 bits per heavy atom. The van der Waals surface area contributed by atoms with Crippen LogP contribution in [0.15, 0.2) is 18.2 Å². The first-order chi connectivity index (χ1) is 9.54. The first-order valence-corrected chi connectivity index (χ1v) is 7.46. The van der Waals surface area contributed by atoms with Crippen LogP contribution < -0.4 is 0 Å². The number of carboxylic acid groups (broad SMARTS) is 1. The molecule has 2 rings (SSSR count). The fraction of sp³-hybridized carbons (Fsp3) is 0.429. The Hall–Kier alpha value is -1.15. The summed E-state index contributed by atoms with van der Waals surface area (Å²) in [5.74, 6) is -1.12. The number of rotatable bonds is 3. The number of methoxy groups -OCH3 is 1. The third kappa shape index (κ3) is 3.12. The molecule has 1 saturated heterocycles. The van der Waals surface area contributed by atoms with Crippen LogP contribution in [0.2, 0.25) is 0 Å². The first kappa shape index (κ1) is 15.2. The second kappa shape index (κ2) is 6.53. The molecule has 6 heteroatoms. The molecule has 1 aromatic rings. The smallest absolute Gasteiger partial charge is 0.336 e. The molecule has 0 bridgehead atoms. The minimum atomic E-state index is -1.01. The van der Waals surface area contributed by atoms with Gasteiger partial charge in [0.05, 0.1) is 17.2 Å². The van der Waals surface area contributed by atoms with Crippen molar-refractivity contribution in [2.45, 2.75) is 18.9 Å². The molecule has 1 aliphatic heterocycles. The fourth-order valence-corrected chi connectivity index (χ4v) is 3.15. The Kier molecular flexibility index (Phi) is 4.98. The molecular weight excluding hydrogens is 373 g/mol. The average molecular weight is 389 g/mol. The molecule has 1 amide bonds. The predicted molar refractivity (Wildman–Crippen MR) is 82.1 cm³/mol. The van der Waals surface area contributed by atoms with Crippen LogP contribution in [0.5, 0.6) is 0 Å². The maximum absolute atomic E-state index is 12.5. The van der Waals surface area contributed by atoms with Crippen LogP contribution in [0.4, 0.5) is 0 Å². The van der Waals surface area contributed by atoms with Gasteiger partial charge >= 0.3 is 5.97 Å². The molecule has 0 saturated carbocycles. The van der Waals surface area contributed by atoms with E-state index in [1.807, 2.05) is 22.6 Å². The van der Waals surface area contributed by atoms with Crippen molar-refractivity contribution in [2.24, 2.45) is 0 Å². The maximum Gasteiger partial charge on any atom is 0.336 e. The molecule has 1 N–H and O–H groups in total. The van der Waals surface area contributed by atoms with E-state index in [0.717, 1.165) is 12.8 Å². The number of likely N-dealkylation sites (tertiary alicyclic amines) is 1. The van der Waals surface area contributed by atoms with Gasteiger partial charge in [0.1, 0.15) is 0 Å². The summed E-state index contributed by atoms with van der Waals surface area (Å²) in [6, 6.07) is 4.80. The van der Waals surface area contributed by atoms with E-state index >= 15 is 0 Å². The van der Waals surface area contributed by atoms with Crippen LogP contribution in [-0.2, 0) is 4.74 Å². The van der Waals surface area contributed by atoms with E-state index in [9.17, 15) is 9.59 Å². The predicted octanol–water partition coefficient (Wildman–Crippen LogP) is 2.24. The second-order valence-corrected chi connectivity index (χ2v) is 5.78. The van der Waals surface area contributed by atoms with E-state index in [0.29, 0.717) is 22.2 Å². The van der Waals surface area contributed by atoms with Gasteiger partial charge in [-0.1, -0.05) is 6.07 Å². The largest absolute Gasteiger partial charge is 0.478 e. The number of halogens is 1. The SMILES string of the molecule is COC1CCN(C(=O)c2cccc(C(=O)O)c2I)CC1. The van der Waals surface area contributed by atoms with Crippen molar-refractivity contribution in [1.82, 2.24) is 4.90 Å². The van der Waals surface area contributed by atoms with Crippen molar-refractivity contribution in [1.29, 1.82) is 0 Å². The van der Waals surface area contributed by atoms with Crippen LogP contribution in [-0.4, -0.2) is 48.2 Å². The van der Waals surface area contributed by atoms with Gasteiger partial charge in [-0.25, -0.2) is 4.79 Å². The third-order valence-electron chi connectivity index (χ3n) is 3.52. The van der Waals surface area contributed by atoms with Crippen LogP contribution in [0.3, 0.4) is 0 Å². The van der Waals surface area contributed by atoms with Gasteiger partial charge in [-0.15, -0.1) is 0 Å². The zero-order valence-corrected chi connectivity index (χ0v) is 13.3. The van der Waals surface area contributed by atoms with E-state index in [4.69, 9.17) is 9.84 Å². The number of aromatic carboxylic acids is 1. The monoisotopic (exact) mass is 389 g/mol. The maximum atomic E-state index is 12.5. The number of carbonyl (C=O) groups is 2. The van der Waals surface area contributed by atoms with E-state index in [2.05, 4.69) is 0 Å². The summed E-state index contributed by atoms with van der Waals surface area (Å²) < 4.78 is 5.78. The van der Waals surface area contributed by atoms with Crippen LogP contribution in [0, 0.1) is 3.57 Å². The summed E-state index contributed by atoms with van der Waals surface area (Å²) in [6.07, 6.45) is 1.85. The summed E-state index contributed by atoms with van der Waals surface area (Å²) in [7, 11) is 1.68. The minimum Gasteiger partial charge on any atom is -0.478 e. The Labute approximate surface area is 131 Å². The highest BCUT2D eigenvalue weighted by Gasteiger charge is 2.25. The molecule has 1 aromatic carbocycles. The van der Waals surface area contributed by atoms with E-state index in [1.165, 1.54) is 6.07 Å². The normalized spacial score (nSPS) is 16.2. The van der Waals surface area contributed by atoms with Crippen LogP contribution >= 0.6 is 22.6 Å². The summed E-state index contributed by atoms with van der Waals surface area (Å²) >= 11 is 1.93. The molecule has 1 heterocycles. The number of amides is 1. The molecule has 0 atom stereocenters. The number of nitrogens with zero attached hydrogens (tertiary/aromatic N) is 1. The van der Waals surface area contributed by atoms with Gasteiger partial charge in [0.25, 0.3) is 5.91 Å². The Morgan fingerprint density at radius 2 is 1.90 bits per heavy atom. The van der Waals surface area contributed by atoms with Gasteiger partial charge in [-0.3, -0.25) is 4.79 Å². The summed E-state index contributed by atoms with van der Waals surface area (Å²) in [4.78, 5) is 25.3. The van der Waals surface area contributed by atoms with Crippen LogP contribution in [0.25, 0.3) is 0 Å². The first-order valence-electron chi connectivity index (χ1n) is 6.38. The summed E-state index contributed by atoms with van der Waals surface area (Å²) in [6.45, 7) is 1.29. The molecule has 0 spiro atoms. The molecule has 1 aliphatic rings. The number of piperidine rings is 1. The zero-order chi connectivity index (χ0) is 14.7. The Bertz CT molecular complexity index is 524. The molecule has 0 aliphatic carbocycles. The van der Waals surface area contributed by atoms with Crippen molar-refractivity contribution in [3.05, 3.63) is 32.9 Å². The fourth-order valence-electron chi connectivity index (χ4n) is 2.33. The van der Waals surface area contributed by atoms with Gasteiger partial charge in [-0.05, 0) is 47.6 Å². The van der Waals surface area contributed by atoms with Crippen molar-refractivity contribution in [3.63, 3.8) is 0 Å². The van der Waals surface area contributed by atoms with Crippen molar-refractivity contribution in [3.8, 4) is 0 Å². The topological polar surface area (TPSA) is 66.8 Å². The van der Waals surface area contributed by atoms with Gasteiger partial charge in [0, 0.05) is 23.8 Å². The summed E-state index contributed by atoms with van der Waals surface area (Å²) in [5, 5.41) is 9.10. The lowest BCUT2D eigenvalue weighted by atomic mass is 10.1. The highest BCUT2D eigenvalue weighted by Crippen LogP contribution is 2.21. The number of carbonyl (C=O) groups excluding carboxylic acids is 1. The standard InChI is InChI=1S/C14H16INO4/c1-20-9-5-7-16(8-6-9)13(17)10-3-2-4-11(12(10)15)14(18)19/h2-4,9H,5-8H2,1H3,(H,18,19). The molecule has 108 valence electrons. The van der Waals surface area contributed by atoms with Crippen molar-refractivity contribution >= 4 is 34.5 Å². The lowest BCUT2D eigenvalue weighted by molar-refractivity contribution is 0.0350. The van der Waals surface area contributed by atoms with E-state index in [1.54, 1.807) is 24.1 Å². The molecule has 20 heavy (non-hydrogen) atoms. The average Bonchev–Trinajstić information content (AvgIpc) is 2.46. The highest BCUT2D eigenvalue weighted by atomic mass is 127. The number of ether oxygens (including phenoxy) is 1. The van der Waals surface area contributed by atoms with E-state index in [-0.39, 0.29) is 17.6 Å². The molecule has 0 aromatic heterocycles. The number of hydrogen-bond donors (Lipinski definition) is 1. The van der Waals surface area contributed by atoms with Gasteiger partial charge in [0.2, 0.25) is 0 Å². The van der Waals surface area contributed by atoms with Crippen molar-refractivity contribution < 1.29 is 19.4 Å². The van der Waals surface area contributed by atoms with E-state index < -0.39 is 5.97 Å².